The predicted molar refractivity (Wildman–Crippen MR) is 27.7 cm³/mol. The molecular weight excluding hydrogens is 110 g/mol. The summed E-state index contributed by atoms with van der Waals surface area (Å²) in [5.74, 6) is 7.59. The Balaban J connectivity index is 0.000000222. The third-order valence-corrected chi connectivity index (χ3v) is 0.444. The van der Waals surface area contributed by atoms with Gasteiger partial charge in [-0.1, -0.05) is 0 Å². The highest BCUT2D eigenvalue weighted by Crippen LogP contribution is 1.62. The van der Waals surface area contributed by atoms with Gasteiger partial charge >= 0.3 is 5.76 Å². The van der Waals surface area contributed by atoms with Crippen molar-refractivity contribution in [2.45, 2.75) is 0 Å². The summed E-state index contributed by atoms with van der Waals surface area (Å²) in [6.07, 6.45) is 2.73. The Labute approximate surface area is 45.3 Å². The summed E-state index contributed by atoms with van der Waals surface area (Å²) in [5, 5.41) is 0. The van der Waals surface area contributed by atoms with Gasteiger partial charge in [-0.05, 0) is 0 Å². The first-order valence-corrected chi connectivity index (χ1v) is 1.85. The third kappa shape index (κ3) is 2.17. The number of hydrogen-bond acceptors (Lipinski definition) is 4. The number of aromatic amines is 1. The quantitative estimate of drug-likeness (QED) is 0.293. The highest BCUT2D eigenvalue weighted by molar-refractivity contribution is 4.58. The molecule has 46 valence electrons. The maximum absolute atomic E-state index is 9.85. The summed E-state index contributed by atoms with van der Waals surface area (Å²) in [6, 6.07) is 0. The average Bonchev–Trinajstić information content (AvgIpc) is 2.24. The van der Waals surface area contributed by atoms with Gasteiger partial charge in [-0.3, -0.25) is 16.7 Å². The van der Waals surface area contributed by atoms with E-state index in [9.17, 15) is 4.79 Å². The number of oxazole rings is 1. The summed E-state index contributed by atoms with van der Waals surface area (Å²) in [7, 11) is 0. The van der Waals surface area contributed by atoms with Crippen molar-refractivity contribution in [1.29, 1.82) is 0 Å². The van der Waals surface area contributed by atoms with Crippen LogP contribution >= 0.6 is 0 Å². The molecule has 0 saturated heterocycles. The highest BCUT2D eigenvalue weighted by Gasteiger charge is 1.72. The molecule has 1 rings (SSSR count). The van der Waals surface area contributed by atoms with E-state index in [0.717, 1.165) is 0 Å². The molecule has 5 heteroatoms. The summed E-state index contributed by atoms with van der Waals surface area (Å²) in [6.45, 7) is 0. The van der Waals surface area contributed by atoms with Gasteiger partial charge in [0, 0.05) is 6.20 Å². The third-order valence-electron chi connectivity index (χ3n) is 0.444. The van der Waals surface area contributed by atoms with Gasteiger partial charge in [0.25, 0.3) is 0 Å². The predicted octanol–water partition coefficient (Wildman–Crippen LogP) is -1.21. The molecule has 0 unspecified atom stereocenters. The van der Waals surface area contributed by atoms with Crippen LogP contribution in [0.25, 0.3) is 0 Å². The minimum absolute atomic E-state index is 0.407. The molecule has 1 heterocycles. The minimum atomic E-state index is -0.407. The lowest BCUT2D eigenvalue weighted by Crippen LogP contribution is -2.02. The van der Waals surface area contributed by atoms with Crippen LogP contribution in [0.15, 0.2) is 21.7 Å². The van der Waals surface area contributed by atoms with Crippen molar-refractivity contribution in [3.63, 3.8) is 0 Å². The Bertz CT molecular complexity index is 150. The molecule has 0 aliphatic heterocycles. The van der Waals surface area contributed by atoms with Crippen LogP contribution in [-0.4, -0.2) is 4.98 Å². The van der Waals surface area contributed by atoms with Gasteiger partial charge in [0.2, 0.25) is 0 Å². The topological polar surface area (TPSA) is 98.0 Å². The fourth-order valence-corrected chi connectivity index (χ4v) is 0.232. The van der Waals surface area contributed by atoms with E-state index < -0.39 is 5.76 Å². The summed E-state index contributed by atoms with van der Waals surface area (Å²) < 4.78 is 4.22. The van der Waals surface area contributed by atoms with Gasteiger partial charge in [-0.15, -0.1) is 0 Å². The van der Waals surface area contributed by atoms with Crippen molar-refractivity contribution in [3.05, 3.63) is 23.0 Å². The average molecular weight is 117 g/mol. The van der Waals surface area contributed by atoms with Gasteiger partial charge in [-0.25, -0.2) is 4.79 Å². The SMILES string of the molecule is NN.O=c1[nH]cco1. The maximum Gasteiger partial charge on any atom is 0.416 e. The van der Waals surface area contributed by atoms with E-state index in [1.807, 2.05) is 0 Å². The summed E-state index contributed by atoms with van der Waals surface area (Å²) in [5.41, 5.74) is 0. The molecule has 5 N–H and O–H groups in total. The zero-order valence-electron chi connectivity index (χ0n) is 4.13. The van der Waals surface area contributed by atoms with Gasteiger partial charge < -0.3 is 4.42 Å². The van der Waals surface area contributed by atoms with Crippen LogP contribution in [-0.2, 0) is 0 Å². The molecule has 1 aromatic rings. The second-order valence-electron chi connectivity index (χ2n) is 0.852. The lowest BCUT2D eigenvalue weighted by atomic mass is 11.0. The minimum Gasteiger partial charge on any atom is -0.417 e. The molecule has 0 radical (unpaired) electrons. The number of H-pyrrole nitrogens is 1. The first kappa shape index (κ1) is 6.93. The molecule has 0 aliphatic carbocycles. The fourth-order valence-electron chi connectivity index (χ4n) is 0.232. The molecule has 0 saturated carbocycles. The zero-order chi connectivity index (χ0) is 6.41. The van der Waals surface area contributed by atoms with E-state index in [1.54, 1.807) is 0 Å². The molecule has 0 bridgehead atoms. The maximum atomic E-state index is 9.85. The second-order valence-corrected chi connectivity index (χ2v) is 0.852. The van der Waals surface area contributed by atoms with Crippen molar-refractivity contribution >= 4 is 0 Å². The van der Waals surface area contributed by atoms with Gasteiger partial charge in [-0.2, -0.15) is 0 Å². The summed E-state index contributed by atoms with van der Waals surface area (Å²) in [4.78, 5) is 12.1. The zero-order valence-corrected chi connectivity index (χ0v) is 4.13. The van der Waals surface area contributed by atoms with Crippen LogP contribution in [0.4, 0.5) is 0 Å². The van der Waals surface area contributed by atoms with Crippen LogP contribution in [0, 0.1) is 0 Å². The molecule has 0 aromatic carbocycles. The van der Waals surface area contributed by atoms with E-state index in [0.29, 0.717) is 0 Å². The van der Waals surface area contributed by atoms with Crippen LogP contribution in [0.2, 0.25) is 0 Å². The van der Waals surface area contributed by atoms with Gasteiger partial charge in [0.05, 0.1) is 0 Å². The molecule has 0 fully saturated rings. The standard InChI is InChI=1S/C3H3NO2.H4N2/c5-3-4-1-2-6-3;1-2/h1-2H,(H,4,5);1-2H2. The smallest absolute Gasteiger partial charge is 0.416 e. The van der Waals surface area contributed by atoms with Crippen LogP contribution < -0.4 is 17.4 Å². The molecule has 0 amide bonds. The van der Waals surface area contributed by atoms with Gasteiger partial charge in [0.15, 0.2) is 0 Å². The van der Waals surface area contributed by atoms with E-state index >= 15 is 0 Å². The summed E-state index contributed by atoms with van der Waals surface area (Å²) >= 11 is 0. The molecule has 0 aliphatic rings. The van der Waals surface area contributed by atoms with E-state index in [1.165, 1.54) is 12.5 Å². The normalized spacial score (nSPS) is 7.25. The van der Waals surface area contributed by atoms with Crippen molar-refractivity contribution in [2.75, 3.05) is 0 Å². The lowest BCUT2D eigenvalue weighted by molar-refractivity contribution is 0.515. The molecular formula is C3H7N3O2. The Kier molecular flexibility index (Phi) is 3.55. The molecule has 0 spiro atoms. The number of rotatable bonds is 0. The van der Waals surface area contributed by atoms with Crippen molar-refractivity contribution < 1.29 is 4.42 Å². The fraction of sp³-hybridized carbons (Fsp3) is 0. The Morgan fingerprint density at radius 1 is 1.62 bits per heavy atom. The molecule has 8 heavy (non-hydrogen) atoms. The number of hydrogen-bond donors (Lipinski definition) is 3. The van der Waals surface area contributed by atoms with Gasteiger partial charge in [0.1, 0.15) is 6.26 Å². The van der Waals surface area contributed by atoms with Crippen molar-refractivity contribution in [1.82, 2.24) is 4.98 Å². The van der Waals surface area contributed by atoms with Crippen molar-refractivity contribution in [3.8, 4) is 0 Å². The molecule has 1 aromatic heterocycles. The largest absolute Gasteiger partial charge is 0.417 e. The second kappa shape index (κ2) is 4.10. The molecule has 5 nitrogen and oxygen atoms in total. The monoisotopic (exact) mass is 117 g/mol. The van der Waals surface area contributed by atoms with E-state index in [4.69, 9.17) is 0 Å². The number of hydrazine groups is 1. The first-order chi connectivity index (χ1) is 3.89. The Hall–Kier alpha value is -1.07. The lowest BCUT2D eigenvalue weighted by Gasteiger charge is -1.51. The van der Waals surface area contributed by atoms with Crippen LogP contribution in [0.1, 0.15) is 0 Å². The van der Waals surface area contributed by atoms with Crippen LogP contribution in [0.5, 0.6) is 0 Å². The Morgan fingerprint density at radius 3 is 2.38 bits per heavy atom. The molecule has 0 atom stereocenters. The van der Waals surface area contributed by atoms with E-state index in [2.05, 4.69) is 21.1 Å². The first-order valence-electron chi connectivity index (χ1n) is 1.85. The number of nitrogens with two attached hydrogens (primary N) is 2. The highest BCUT2D eigenvalue weighted by atomic mass is 16.4. The Morgan fingerprint density at radius 2 is 2.25 bits per heavy atom. The number of nitrogens with one attached hydrogen (secondary N) is 1. The number of aromatic nitrogens is 1. The van der Waals surface area contributed by atoms with E-state index in [-0.39, 0.29) is 0 Å². The van der Waals surface area contributed by atoms with Crippen LogP contribution in [0.3, 0.4) is 0 Å². The van der Waals surface area contributed by atoms with Crippen molar-refractivity contribution in [2.24, 2.45) is 11.7 Å².